The summed E-state index contributed by atoms with van der Waals surface area (Å²) in [5.74, 6) is 5.96. The molecule has 1 aliphatic rings. The Morgan fingerprint density at radius 2 is 2.44 bits per heavy atom. The van der Waals surface area contributed by atoms with Crippen LogP contribution in [0.15, 0.2) is 15.2 Å². The molecule has 0 saturated carbocycles. The Morgan fingerprint density at radius 3 is 3.00 bits per heavy atom. The quantitative estimate of drug-likeness (QED) is 0.588. The van der Waals surface area contributed by atoms with Crippen LogP contribution in [0.5, 0.6) is 0 Å². The molecule has 2 atom stereocenters. The van der Waals surface area contributed by atoms with Gasteiger partial charge in [0.15, 0.2) is 0 Å². The molecule has 2 rings (SSSR count). The molecule has 1 aromatic rings. The van der Waals surface area contributed by atoms with E-state index in [0.29, 0.717) is 6.42 Å². The van der Waals surface area contributed by atoms with Crippen molar-refractivity contribution < 1.29 is 9.53 Å². The number of esters is 1. The highest BCUT2D eigenvalue weighted by Crippen LogP contribution is 2.24. The molecule has 0 amide bonds. The zero-order chi connectivity index (χ0) is 11.5. The summed E-state index contributed by atoms with van der Waals surface area (Å²) in [6.07, 6.45) is 1.43. The number of hydrogen-bond donors (Lipinski definition) is 0. The highest BCUT2D eigenvalue weighted by atomic mass is 79.9. The molecule has 16 heavy (non-hydrogen) atoms. The van der Waals surface area contributed by atoms with Crippen molar-refractivity contribution in [2.75, 3.05) is 0 Å². The average molecular weight is 299 g/mol. The second-order valence-electron chi connectivity index (χ2n) is 3.82. The number of hydrogen-bond acceptors (Lipinski definition) is 3. The predicted molar refractivity (Wildman–Crippen MR) is 67.2 cm³/mol. The molecular weight excluding hydrogens is 288 g/mol. The molecule has 0 radical (unpaired) electrons. The van der Waals surface area contributed by atoms with Crippen molar-refractivity contribution in [3.63, 3.8) is 0 Å². The largest absolute Gasteiger partial charge is 0.462 e. The zero-order valence-corrected chi connectivity index (χ0v) is 11.2. The molecule has 1 aliphatic heterocycles. The van der Waals surface area contributed by atoms with E-state index in [4.69, 9.17) is 4.74 Å². The maximum atomic E-state index is 11.3. The summed E-state index contributed by atoms with van der Waals surface area (Å²) in [5.41, 5.74) is 0.990. The fourth-order valence-corrected chi connectivity index (χ4v) is 2.97. The number of rotatable bonds is 1. The molecule has 1 aromatic heterocycles. The van der Waals surface area contributed by atoms with E-state index in [-0.39, 0.29) is 18.0 Å². The van der Waals surface area contributed by atoms with E-state index in [2.05, 4.69) is 27.8 Å². The first-order chi connectivity index (χ1) is 7.66. The Balaban J connectivity index is 1.96. The molecule has 84 valence electrons. The van der Waals surface area contributed by atoms with E-state index in [1.807, 2.05) is 17.7 Å². The lowest BCUT2D eigenvalue weighted by Gasteiger charge is -1.96. The highest BCUT2D eigenvalue weighted by molar-refractivity contribution is 9.10. The zero-order valence-electron chi connectivity index (χ0n) is 8.83. The van der Waals surface area contributed by atoms with E-state index >= 15 is 0 Å². The van der Waals surface area contributed by atoms with E-state index in [0.717, 1.165) is 16.5 Å². The third kappa shape index (κ3) is 2.66. The number of carbonyl (C=O) groups is 1. The predicted octanol–water partition coefficient (Wildman–Crippen LogP) is 3.20. The summed E-state index contributed by atoms with van der Waals surface area (Å²) >= 11 is 5.03. The van der Waals surface area contributed by atoms with Crippen molar-refractivity contribution in [1.82, 2.24) is 0 Å². The minimum Gasteiger partial charge on any atom is -0.462 e. The Bertz CT molecular complexity index is 455. The molecule has 0 spiro atoms. The second-order valence-corrected chi connectivity index (χ2v) is 5.42. The van der Waals surface area contributed by atoms with Gasteiger partial charge in [0.05, 0.1) is 12.0 Å². The van der Waals surface area contributed by atoms with Crippen LogP contribution in [0, 0.1) is 17.8 Å². The van der Waals surface area contributed by atoms with Gasteiger partial charge in [-0.3, -0.25) is 4.79 Å². The monoisotopic (exact) mass is 298 g/mol. The first kappa shape index (κ1) is 11.7. The average Bonchev–Trinajstić information content (AvgIpc) is 2.75. The van der Waals surface area contributed by atoms with Crippen LogP contribution in [-0.2, 0) is 9.53 Å². The SMILES string of the molecule is CC1CC(CC#Cc2cscc2Br)C(=O)O1. The third-order valence-electron chi connectivity index (χ3n) is 2.45. The van der Waals surface area contributed by atoms with Gasteiger partial charge in [-0.1, -0.05) is 11.8 Å². The number of cyclic esters (lactones) is 1. The Labute approximate surface area is 107 Å². The molecule has 1 fully saturated rings. The van der Waals surface area contributed by atoms with Crippen LogP contribution in [0.1, 0.15) is 25.3 Å². The van der Waals surface area contributed by atoms with Crippen molar-refractivity contribution >= 4 is 33.2 Å². The van der Waals surface area contributed by atoms with Gasteiger partial charge in [0, 0.05) is 27.2 Å². The number of ether oxygens (including phenoxy) is 1. The highest BCUT2D eigenvalue weighted by Gasteiger charge is 2.30. The van der Waals surface area contributed by atoms with Gasteiger partial charge in [0.25, 0.3) is 0 Å². The van der Waals surface area contributed by atoms with Crippen LogP contribution in [0.25, 0.3) is 0 Å². The number of halogens is 1. The molecule has 0 aromatic carbocycles. The van der Waals surface area contributed by atoms with Crippen molar-refractivity contribution in [2.45, 2.75) is 25.9 Å². The van der Waals surface area contributed by atoms with Crippen LogP contribution in [0.3, 0.4) is 0 Å². The summed E-state index contributed by atoms with van der Waals surface area (Å²) in [6, 6.07) is 0. The van der Waals surface area contributed by atoms with Gasteiger partial charge in [-0.2, -0.15) is 0 Å². The smallest absolute Gasteiger partial charge is 0.310 e. The van der Waals surface area contributed by atoms with Gasteiger partial charge in [0.2, 0.25) is 0 Å². The minimum absolute atomic E-state index is 0.0417. The third-order valence-corrected chi connectivity index (χ3v) is 4.16. The van der Waals surface area contributed by atoms with E-state index in [1.165, 1.54) is 0 Å². The molecule has 2 unspecified atom stereocenters. The normalized spacial score (nSPS) is 23.8. The van der Waals surface area contributed by atoms with Gasteiger partial charge < -0.3 is 4.74 Å². The summed E-state index contributed by atoms with van der Waals surface area (Å²) in [6.45, 7) is 1.92. The van der Waals surface area contributed by atoms with Crippen molar-refractivity contribution in [3.05, 3.63) is 20.8 Å². The van der Waals surface area contributed by atoms with Crippen LogP contribution in [0.4, 0.5) is 0 Å². The van der Waals surface area contributed by atoms with Gasteiger partial charge in [-0.15, -0.1) is 11.3 Å². The number of thiophene rings is 1. The van der Waals surface area contributed by atoms with Crippen LogP contribution >= 0.6 is 27.3 Å². The van der Waals surface area contributed by atoms with Gasteiger partial charge in [-0.25, -0.2) is 0 Å². The van der Waals surface area contributed by atoms with Gasteiger partial charge in [0.1, 0.15) is 0 Å². The fraction of sp³-hybridized carbons (Fsp3) is 0.417. The molecule has 2 heterocycles. The maximum absolute atomic E-state index is 11.3. The molecule has 0 aliphatic carbocycles. The van der Waals surface area contributed by atoms with E-state index in [9.17, 15) is 4.79 Å². The van der Waals surface area contributed by atoms with Crippen LogP contribution in [0.2, 0.25) is 0 Å². The Kier molecular flexibility index (Phi) is 3.67. The van der Waals surface area contributed by atoms with E-state index < -0.39 is 0 Å². The van der Waals surface area contributed by atoms with Crippen LogP contribution in [-0.4, -0.2) is 12.1 Å². The topological polar surface area (TPSA) is 26.3 Å². The summed E-state index contributed by atoms with van der Waals surface area (Å²) < 4.78 is 6.09. The molecule has 1 saturated heterocycles. The van der Waals surface area contributed by atoms with Crippen molar-refractivity contribution in [2.24, 2.45) is 5.92 Å². The lowest BCUT2D eigenvalue weighted by molar-refractivity contribution is -0.143. The Hall–Kier alpha value is -0.790. The van der Waals surface area contributed by atoms with Gasteiger partial charge in [-0.05, 0) is 29.3 Å². The van der Waals surface area contributed by atoms with Crippen LogP contribution < -0.4 is 0 Å². The molecular formula is C12H11BrO2S. The van der Waals surface area contributed by atoms with Crippen molar-refractivity contribution in [1.29, 1.82) is 0 Å². The summed E-state index contributed by atoms with van der Waals surface area (Å²) in [7, 11) is 0. The van der Waals surface area contributed by atoms with Gasteiger partial charge >= 0.3 is 5.97 Å². The first-order valence-electron chi connectivity index (χ1n) is 5.08. The second kappa shape index (κ2) is 5.03. The first-order valence-corrected chi connectivity index (χ1v) is 6.81. The van der Waals surface area contributed by atoms with Crippen molar-refractivity contribution in [3.8, 4) is 11.8 Å². The molecule has 0 bridgehead atoms. The summed E-state index contributed by atoms with van der Waals surface area (Å²) in [4.78, 5) is 11.3. The molecule has 4 heteroatoms. The summed E-state index contributed by atoms with van der Waals surface area (Å²) in [5, 5.41) is 3.99. The Morgan fingerprint density at radius 1 is 1.62 bits per heavy atom. The lowest BCUT2D eigenvalue weighted by Crippen LogP contribution is -2.06. The molecule has 0 N–H and O–H groups in total. The fourth-order valence-electron chi connectivity index (χ4n) is 1.65. The van der Waals surface area contributed by atoms with E-state index in [1.54, 1.807) is 11.3 Å². The minimum atomic E-state index is -0.105. The lowest BCUT2D eigenvalue weighted by atomic mass is 10.0. The molecule has 2 nitrogen and oxygen atoms in total. The standard InChI is InChI=1S/C12H11BrO2S/c1-8-5-9(12(14)15-8)3-2-4-10-6-16-7-11(10)13/h6-9H,3,5H2,1H3. The maximum Gasteiger partial charge on any atom is 0.310 e. The number of carbonyl (C=O) groups excluding carboxylic acids is 1.